The molecule has 0 bridgehead atoms. The van der Waals surface area contributed by atoms with Crippen LogP contribution in [0.15, 0.2) is 83.1 Å². The second kappa shape index (κ2) is 10.1. The topological polar surface area (TPSA) is 74.4 Å². The number of morpholine rings is 1. The lowest BCUT2D eigenvalue weighted by Crippen LogP contribution is -2.44. The number of rotatable bonds is 4. The van der Waals surface area contributed by atoms with Crippen LogP contribution in [-0.2, 0) is 19.1 Å². The number of anilines is 2. The molecule has 3 heterocycles. The summed E-state index contributed by atoms with van der Waals surface area (Å²) in [4.78, 5) is 32.9. The monoisotopic (exact) mass is 500 g/mol. The van der Waals surface area contributed by atoms with Crippen molar-refractivity contribution in [2.45, 2.75) is 12.2 Å². The molecule has 2 atom stereocenters. The van der Waals surface area contributed by atoms with Crippen molar-refractivity contribution in [2.75, 3.05) is 69.7 Å². The Kier molecular flexibility index (Phi) is 6.54. The highest BCUT2D eigenvalue weighted by Crippen LogP contribution is 2.33. The molecule has 2 fully saturated rings. The maximum Gasteiger partial charge on any atom is 0.255 e. The molecule has 6 rings (SSSR count). The zero-order valence-electron chi connectivity index (χ0n) is 21.1. The maximum absolute atomic E-state index is 13.0. The van der Waals surface area contributed by atoms with E-state index in [0.29, 0.717) is 11.3 Å². The Labute approximate surface area is 217 Å². The molecule has 0 aromatic heterocycles. The Bertz CT molecular complexity index is 1230. The summed E-state index contributed by atoms with van der Waals surface area (Å²) in [6.45, 7) is 7.19. The quantitative estimate of drug-likeness (QED) is 0.680. The van der Waals surface area contributed by atoms with Crippen LogP contribution < -0.4 is 10.2 Å². The third-order valence-electron chi connectivity index (χ3n) is 7.51. The van der Waals surface area contributed by atoms with Crippen molar-refractivity contribution in [3.05, 3.63) is 83.1 Å². The van der Waals surface area contributed by atoms with Gasteiger partial charge >= 0.3 is 0 Å². The van der Waals surface area contributed by atoms with Crippen LogP contribution in [0.3, 0.4) is 0 Å². The van der Waals surface area contributed by atoms with Crippen molar-refractivity contribution in [3.8, 4) is 0 Å². The molecule has 0 saturated carbocycles. The molecule has 192 valence electrons. The van der Waals surface area contributed by atoms with Crippen molar-refractivity contribution in [1.82, 2.24) is 9.80 Å². The minimum absolute atomic E-state index is 0.206. The fourth-order valence-electron chi connectivity index (χ4n) is 5.31. The molecule has 37 heavy (non-hydrogen) atoms. The maximum atomic E-state index is 13.0. The first-order chi connectivity index (χ1) is 18.0. The van der Waals surface area contributed by atoms with Gasteiger partial charge in [-0.2, -0.15) is 0 Å². The Morgan fingerprint density at radius 2 is 1.65 bits per heavy atom. The third-order valence-corrected chi connectivity index (χ3v) is 7.51. The average Bonchev–Trinajstić information content (AvgIpc) is 2.93. The zero-order valence-corrected chi connectivity index (χ0v) is 21.1. The van der Waals surface area contributed by atoms with Crippen LogP contribution in [0.4, 0.5) is 11.4 Å². The molecule has 1 N–H and O–H groups in total. The van der Waals surface area contributed by atoms with Gasteiger partial charge in [0.05, 0.1) is 13.2 Å². The number of benzene rings is 1. The second-order valence-electron chi connectivity index (χ2n) is 10.0. The Morgan fingerprint density at radius 3 is 2.41 bits per heavy atom. The van der Waals surface area contributed by atoms with Crippen LogP contribution in [0.1, 0.15) is 0 Å². The van der Waals surface area contributed by atoms with E-state index in [1.54, 1.807) is 6.08 Å². The highest BCUT2D eigenvalue weighted by Gasteiger charge is 2.35. The predicted octanol–water partition coefficient (Wildman–Crippen LogP) is 2.29. The highest BCUT2D eigenvalue weighted by molar-refractivity contribution is 6.13. The van der Waals surface area contributed by atoms with E-state index in [-0.39, 0.29) is 17.8 Å². The van der Waals surface area contributed by atoms with Gasteiger partial charge in [0.1, 0.15) is 12.2 Å². The number of piperazine rings is 1. The molecular formula is C29H32N4O4. The molecule has 2 saturated heterocycles. The summed E-state index contributed by atoms with van der Waals surface area (Å²) in [5.41, 5.74) is 5.01. The van der Waals surface area contributed by atoms with Crippen LogP contribution in [0.25, 0.3) is 0 Å². The van der Waals surface area contributed by atoms with Crippen molar-refractivity contribution in [3.63, 3.8) is 0 Å². The van der Waals surface area contributed by atoms with Gasteiger partial charge in [-0.25, -0.2) is 0 Å². The largest absolute Gasteiger partial charge is 0.378 e. The van der Waals surface area contributed by atoms with E-state index in [4.69, 9.17) is 9.47 Å². The molecule has 5 aliphatic rings. The molecule has 0 spiro atoms. The van der Waals surface area contributed by atoms with Crippen molar-refractivity contribution in [2.24, 2.45) is 0 Å². The van der Waals surface area contributed by atoms with Crippen LogP contribution in [-0.4, -0.2) is 93.2 Å². The second-order valence-corrected chi connectivity index (χ2v) is 10.0. The number of hydrogen-bond acceptors (Lipinski definition) is 7. The smallest absolute Gasteiger partial charge is 0.255 e. The Balaban J connectivity index is 1.16. The van der Waals surface area contributed by atoms with Crippen LogP contribution in [0.2, 0.25) is 0 Å². The third kappa shape index (κ3) is 5.05. The van der Waals surface area contributed by atoms with E-state index in [2.05, 4.69) is 39.2 Å². The van der Waals surface area contributed by atoms with E-state index in [0.717, 1.165) is 75.0 Å². The normalized spacial score (nSPS) is 25.9. The fourth-order valence-corrected chi connectivity index (χ4v) is 5.31. The van der Waals surface area contributed by atoms with Gasteiger partial charge in [-0.05, 0) is 78.9 Å². The van der Waals surface area contributed by atoms with Gasteiger partial charge in [0, 0.05) is 61.9 Å². The molecule has 0 radical (unpaired) electrons. The van der Waals surface area contributed by atoms with E-state index < -0.39 is 6.10 Å². The number of carbonyl (C=O) groups excluding carboxylic acids is 2. The fraction of sp³-hybridized carbons (Fsp3) is 0.379. The molecule has 1 amide bonds. The van der Waals surface area contributed by atoms with Crippen LogP contribution in [0, 0.1) is 0 Å². The molecular weight excluding hydrogens is 468 g/mol. The van der Waals surface area contributed by atoms with Crippen molar-refractivity contribution >= 4 is 23.1 Å². The number of nitrogens with zero attached hydrogens (tertiary/aromatic N) is 3. The molecule has 1 aromatic rings. The molecule has 2 unspecified atom stereocenters. The van der Waals surface area contributed by atoms with Gasteiger partial charge in [0.2, 0.25) is 0 Å². The Morgan fingerprint density at radius 1 is 0.892 bits per heavy atom. The van der Waals surface area contributed by atoms with Gasteiger partial charge < -0.3 is 29.5 Å². The summed E-state index contributed by atoms with van der Waals surface area (Å²) in [5.74, 6) is -0.515. The number of fused-ring (bicyclic) bond motifs is 2. The van der Waals surface area contributed by atoms with E-state index in [1.165, 1.54) is 6.08 Å². The summed E-state index contributed by atoms with van der Waals surface area (Å²) in [7, 11) is 2.14. The molecule has 8 nitrogen and oxygen atoms in total. The lowest BCUT2D eigenvalue weighted by Gasteiger charge is -2.37. The van der Waals surface area contributed by atoms with E-state index >= 15 is 0 Å². The molecule has 3 aliphatic heterocycles. The average molecular weight is 501 g/mol. The predicted molar refractivity (Wildman–Crippen MR) is 142 cm³/mol. The lowest BCUT2D eigenvalue weighted by atomic mass is 9.88. The molecule has 8 heteroatoms. The minimum Gasteiger partial charge on any atom is -0.378 e. The number of amides is 1. The number of carbonyl (C=O) groups is 2. The standard InChI is InChI=1S/C29H32N4O4/c1-31-8-10-32(11-9-31)25-6-7-27-20(18-25)16-21-17-22(19-26(34)28(21)37-27)29(35)30-23-2-4-24(5-3-23)33-12-14-36-15-13-33/h2-7,16-19,27-28H,8-15H2,1H3,(H,30,35). The number of hydrogen-bond donors (Lipinski definition) is 1. The lowest BCUT2D eigenvalue weighted by molar-refractivity contribution is -0.125. The van der Waals surface area contributed by atoms with E-state index in [9.17, 15) is 9.59 Å². The first-order valence-corrected chi connectivity index (χ1v) is 13.0. The van der Waals surface area contributed by atoms with Gasteiger partial charge in [0.25, 0.3) is 5.91 Å². The summed E-state index contributed by atoms with van der Waals surface area (Å²) >= 11 is 0. The minimum atomic E-state index is -0.679. The summed E-state index contributed by atoms with van der Waals surface area (Å²) in [6.07, 6.45) is 10.5. The van der Waals surface area contributed by atoms with Crippen LogP contribution in [0.5, 0.6) is 0 Å². The summed E-state index contributed by atoms with van der Waals surface area (Å²) in [6, 6.07) is 7.77. The van der Waals surface area contributed by atoms with Crippen LogP contribution >= 0.6 is 0 Å². The number of ketones is 1. The molecule has 2 aliphatic carbocycles. The van der Waals surface area contributed by atoms with Gasteiger partial charge in [-0.3, -0.25) is 9.59 Å². The summed E-state index contributed by atoms with van der Waals surface area (Å²) in [5, 5.41) is 2.93. The van der Waals surface area contributed by atoms with Gasteiger partial charge in [-0.1, -0.05) is 0 Å². The highest BCUT2D eigenvalue weighted by atomic mass is 16.5. The number of likely N-dealkylation sites (N-methyl/N-ethyl adjacent to an activating group) is 1. The Hall–Kier alpha value is -3.46. The molecule has 1 aromatic carbocycles. The SMILES string of the molecule is CN1CCN(C2=CC3=CC4=CC(C(=O)Nc5ccc(N6CCOCC6)cc5)=CC(=O)C4OC3C=C2)CC1. The van der Waals surface area contributed by atoms with Gasteiger partial charge in [0.15, 0.2) is 5.78 Å². The first-order valence-electron chi connectivity index (χ1n) is 13.0. The number of ether oxygens (including phenoxy) is 2. The number of allylic oxidation sites excluding steroid dienone is 1. The summed E-state index contributed by atoms with van der Waals surface area (Å²) < 4.78 is 11.6. The van der Waals surface area contributed by atoms with Crippen molar-refractivity contribution < 1.29 is 19.1 Å². The van der Waals surface area contributed by atoms with Gasteiger partial charge in [-0.15, -0.1) is 0 Å². The first kappa shape index (κ1) is 23.9. The van der Waals surface area contributed by atoms with E-state index in [1.807, 2.05) is 36.4 Å². The zero-order chi connectivity index (χ0) is 25.4. The van der Waals surface area contributed by atoms with Crippen molar-refractivity contribution in [1.29, 1.82) is 0 Å². The number of nitrogens with one attached hydrogen (secondary N) is 1.